The highest BCUT2D eigenvalue weighted by Gasteiger charge is 2.30. The van der Waals surface area contributed by atoms with Crippen LogP contribution in [0.4, 0.5) is 5.82 Å². The highest BCUT2D eigenvalue weighted by atomic mass is 16.7. The highest BCUT2D eigenvalue weighted by Crippen LogP contribution is 2.44. The second-order valence-corrected chi connectivity index (χ2v) is 8.50. The monoisotopic (exact) mass is 390 g/mol. The van der Waals surface area contributed by atoms with Crippen LogP contribution >= 0.6 is 0 Å². The molecule has 29 heavy (non-hydrogen) atoms. The van der Waals surface area contributed by atoms with E-state index in [0.29, 0.717) is 6.61 Å². The molecule has 3 fully saturated rings. The van der Waals surface area contributed by atoms with E-state index in [4.69, 9.17) is 4.84 Å². The van der Waals surface area contributed by atoms with Gasteiger partial charge in [0.25, 0.3) is 0 Å². The number of benzene rings is 1. The predicted molar refractivity (Wildman–Crippen MR) is 116 cm³/mol. The molecule has 0 spiro atoms. The van der Waals surface area contributed by atoms with E-state index in [2.05, 4.69) is 39.1 Å². The Morgan fingerprint density at radius 2 is 1.86 bits per heavy atom. The normalized spacial score (nSPS) is 19.7. The number of allylic oxidation sites excluding steroid dienone is 1. The summed E-state index contributed by atoms with van der Waals surface area (Å²) in [4.78, 5) is 17.6. The molecule has 0 N–H and O–H groups in total. The van der Waals surface area contributed by atoms with E-state index in [1.807, 2.05) is 25.0 Å². The van der Waals surface area contributed by atoms with Gasteiger partial charge in [0, 0.05) is 36.1 Å². The molecule has 2 aromatic rings. The molecule has 5 rings (SSSR count). The lowest BCUT2D eigenvalue weighted by atomic mass is 9.77. The average Bonchev–Trinajstić information content (AvgIpc) is 3.49. The van der Waals surface area contributed by atoms with Crippen molar-refractivity contribution in [3.05, 3.63) is 58.6 Å². The van der Waals surface area contributed by atoms with Crippen LogP contribution in [0.1, 0.15) is 60.7 Å². The largest absolute Gasteiger partial charge is 0.367 e. The summed E-state index contributed by atoms with van der Waals surface area (Å²) in [6.07, 6.45) is 6.51. The maximum Gasteiger partial charge on any atom is 0.156 e. The van der Waals surface area contributed by atoms with Crippen molar-refractivity contribution in [1.82, 2.24) is 14.9 Å². The van der Waals surface area contributed by atoms with Crippen molar-refractivity contribution in [2.45, 2.75) is 51.9 Å². The van der Waals surface area contributed by atoms with Gasteiger partial charge in [-0.2, -0.15) is 0 Å². The Kier molecular flexibility index (Phi) is 5.00. The van der Waals surface area contributed by atoms with Crippen LogP contribution in [0.2, 0.25) is 0 Å². The minimum absolute atomic E-state index is 0.671. The number of hydrogen-bond donors (Lipinski definition) is 0. The van der Waals surface area contributed by atoms with E-state index < -0.39 is 0 Å². The van der Waals surface area contributed by atoms with Gasteiger partial charge in [0.1, 0.15) is 5.82 Å². The lowest BCUT2D eigenvalue weighted by molar-refractivity contribution is 0.119. The maximum absolute atomic E-state index is 6.10. The Morgan fingerprint density at radius 3 is 2.59 bits per heavy atom. The van der Waals surface area contributed by atoms with Crippen molar-refractivity contribution in [2.75, 3.05) is 31.3 Å². The van der Waals surface area contributed by atoms with Gasteiger partial charge in [0.15, 0.2) is 5.82 Å². The topological polar surface area (TPSA) is 41.5 Å². The molecule has 1 saturated heterocycles. The fourth-order valence-electron chi connectivity index (χ4n) is 4.55. The number of anilines is 1. The van der Waals surface area contributed by atoms with Gasteiger partial charge in [0.05, 0.1) is 13.2 Å². The Labute approximate surface area is 173 Å². The smallest absolute Gasteiger partial charge is 0.156 e. The number of nitrogens with zero attached hydrogens (tertiary/aromatic N) is 4. The third kappa shape index (κ3) is 3.88. The van der Waals surface area contributed by atoms with Crippen LogP contribution in [0.3, 0.4) is 0 Å². The van der Waals surface area contributed by atoms with Crippen molar-refractivity contribution in [1.29, 1.82) is 0 Å². The van der Waals surface area contributed by atoms with Gasteiger partial charge in [-0.15, -0.1) is 0 Å². The molecule has 5 nitrogen and oxygen atoms in total. The molecule has 5 heteroatoms. The van der Waals surface area contributed by atoms with E-state index in [9.17, 15) is 0 Å². The molecule has 0 atom stereocenters. The first kappa shape index (κ1) is 18.6. The molecule has 0 unspecified atom stereocenters. The molecule has 0 radical (unpaired) electrons. The fourth-order valence-corrected chi connectivity index (χ4v) is 4.55. The van der Waals surface area contributed by atoms with Crippen LogP contribution < -0.4 is 5.06 Å². The molecule has 2 aliphatic carbocycles. The minimum Gasteiger partial charge on any atom is -0.367 e. The summed E-state index contributed by atoms with van der Waals surface area (Å²) in [5, 5.41) is 1.95. The van der Waals surface area contributed by atoms with E-state index in [0.717, 1.165) is 42.9 Å². The number of hydrogen-bond acceptors (Lipinski definition) is 5. The second kappa shape index (κ2) is 7.79. The third-order valence-corrected chi connectivity index (χ3v) is 6.30. The third-order valence-electron chi connectivity index (χ3n) is 6.30. The molecule has 2 heterocycles. The maximum atomic E-state index is 6.10. The summed E-state index contributed by atoms with van der Waals surface area (Å²) in [7, 11) is 0. The number of aryl methyl sites for hydroxylation is 2. The van der Waals surface area contributed by atoms with Crippen molar-refractivity contribution in [2.24, 2.45) is 0 Å². The molecule has 2 saturated carbocycles. The number of hydroxylamine groups is 1. The quantitative estimate of drug-likeness (QED) is 0.762. The lowest BCUT2D eigenvalue weighted by Crippen LogP contribution is -2.30. The summed E-state index contributed by atoms with van der Waals surface area (Å²) in [5.74, 6) is 2.40. The standard InChI is InChI=1S/C24H30N4O/c1-17-16-23(26-18(2)25-17)28-13-12-27(14-15-29-28)24(20-10-11-20)22-9-4-3-8-21(22)19-6-5-7-19/h3-4,8-9,16,19H,5-7,10-15H2,1-2H3. The van der Waals surface area contributed by atoms with E-state index in [1.165, 1.54) is 43.4 Å². The molecule has 3 aliphatic rings. The van der Waals surface area contributed by atoms with E-state index in [1.54, 1.807) is 11.1 Å². The Balaban J connectivity index is 1.40. The predicted octanol–water partition coefficient (Wildman–Crippen LogP) is 4.62. The number of rotatable bonds is 4. The highest BCUT2D eigenvalue weighted by molar-refractivity contribution is 5.73. The first-order chi connectivity index (χ1) is 14.2. The van der Waals surface area contributed by atoms with Crippen LogP contribution in [0.15, 0.2) is 35.9 Å². The molecule has 1 aromatic carbocycles. The second-order valence-electron chi connectivity index (χ2n) is 8.50. The lowest BCUT2D eigenvalue weighted by Gasteiger charge is -2.32. The van der Waals surface area contributed by atoms with Gasteiger partial charge in [-0.3, -0.25) is 4.84 Å². The zero-order valence-corrected chi connectivity index (χ0v) is 17.5. The van der Waals surface area contributed by atoms with E-state index >= 15 is 0 Å². The average molecular weight is 391 g/mol. The van der Waals surface area contributed by atoms with Crippen molar-refractivity contribution >= 4 is 11.5 Å². The van der Waals surface area contributed by atoms with Gasteiger partial charge in [-0.1, -0.05) is 30.7 Å². The molecule has 0 bridgehead atoms. The van der Waals surface area contributed by atoms with Crippen molar-refractivity contribution in [3.8, 4) is 0 Å². The SMILES string of the molecule is Cc1cc(N2CCN(C(=C3CC3)c3ccccc3C3CCC3)CCO2)nc(C)n1. The fraction of sp³-hybridized carbons (Fsp3) is 0.500. The Hall–Kier alpha value is -2.40. The van der Waals surface area contributed by atoms with Crippen LogP contribution in [-0.4, -0.2) is 41.1 Å². The van der Waals surface area contributed by atoms with Gasteiger partial charge in [0.2, 0.25) is 0 Å². The summed E-state index contributed by atoms with van der Waals surface area (Å²) in [6.45, 7) is 7.28. The summed E-state index contributed by atoms with van der Waals surface area (Å²) in [5.41, 5.74) is 7.09. The molecular weight excluding hydrogens is 360 g/mol. The number of aromatic nitrogens is 2. The van der Waals surface area contributed by atoms with E-state index in [-0.39, 0.29) is 0 Å². The summed E-state index contributed by atoms with van der Waals surface area (Å²) in [6, 6.07) is 11.1. The summed E-state index contributed by atoms with van der Waals surface area (Å²) >= 11 is 0. The Morgan fingerprint density at radius 1 is 1.03 bits per heavy atom. The van der Waals surface area contributed by atoms with Crippen LogP contribution in [0, 0.1) is 13.8 Å². The van der Waals surface area contributed by atoms with Gasteiger partial charge in [-0.05, 0) is 56.6 Å². The van der Waals surface area contributed by atoms with Gasteiger partial charge >= 0.3 is 0 Å². The zero-order valence-electron chi connectivity index (χ0n) is 17.5. The Bertz CT molecular complexity index is 908. The van der Waals surface area contributed by atoms with Gasteiger partial charge < -0.3 is 4.90 Å². The van der Waals surface area contributed by atoms with Crippen LogP contribution in [-0.2, 0) is 4.84 Å². The van der Waals surface area contributed by atoms with Crippen molar-refractivity contribution in [3.63, 3.8) is 0 Å². The van der Waals surface area contributed by atoms with Gasteiger partial charge in [-0.25, -0.2) is 15.0 Å². The molecule has 0 amide bonds. The molecule has 152 valence electrons. The van der Waals surface area contributed by atoms with Crippen molar-refractivity contribution < 1.29 is 4.84 Å². The first-order valence-corrected chi connectivity index (χ1v) is 11.0. The molecular formula is C24H30N4O. The summed E-state index contributed by atoms with van der Waals surface area (Å²) < 4.78 is 0. The van der Waals surface area contributed by atoms with Crippen LogP contribution in [0.5, 0.6) is 0 Å². The van der Waals surface area contributed by atoms with Crippen LogP contribution in [0.25, 0.3) is 5.70 Å². The minimum atomic E-state index is 0.671. The molecule has 1 aromatic heterocycles. The first-order valence-electron chi connectivity index (χ1n) is 11.0. The molecule has 1 aliphatic heterocycles. The zero-order chi connectivity index (χ0) is 19.8.